The van der Waals surface area contributed by atoms with Gasteiger partial charge in [-0.2, -0.15) is 0 Å². The average Bonchev–Trinajstić information content (AvgIpc) is 2.39. The molecule has 0 saturated carbocycles. The van der Waals surface area contributed by atoms with Crippen molar-refractivity contribution in [2.75, 3.05) is 0 Å². The smallest absolute Gasteiger partial charge is 0.0583 e. The minimum Gasteiger partial charge on any atom is -0.393 e. The number of hydrogen-bond donors (Lipinski definition) is 1. The molecule has 0 amide bonds. The van der Waals surface area contributed by atoms with Gasteiger partial charge in [0.15, 0.2) is 0 Å². The van der Waals surface area contributed by atoms with Gasteiger partial charge in [0.25, 0.3) is 0 Å². The summed E-state index contributed by atoms with van der Waals surface area (Å²) in [6.45, 7) is 0. The van der Waals surface area contributed by atoms with Crippen molar-refractivity contribution >= 4 is 0 Å². The van der Waals surface area contributed by atoms with Gasteiger partial charge >= 0.3 is 0 Å². The van der Waals surface area contributed by atoms with Gasteiger partial charge in [-0.05, 0) is 42.5 Å². The number of rotatable bonds is 5. The second-order valence-corrected chi connectivity index (χ2v) is 4.24. The number of aliphatic hydroxyl groups is 1. The lowest BCUT2D eigenvalue weighted by molar-refractivity contribution is 0.165. The topological polar surface area (TPSA) is 33.1 Å². The lowest BCUT2D eigenvalue weighted by Crippen LogP contribution is -2.11. The maximum absolute atomic E-state index is 9.95. The number of aryl methyl sites for hydroxylation is 1. The molecule has 17 heavy (non-hydrogen) atoms. The van der Waals surface area contributed by atoms with Crippen LogP contribution in [0.4, 0.5) is 0 Å². The van der Waals surface area contributed by atoms with Crippen molar-refractivity contribution in [1.29, 1.82) is 0 Å². The quantitative estimate of drug-likeness (QED) is 0.851. The highest BCUT2D eigenvalue weighted by Crippen LogP contribution is 2.09. The zero-order valence-electron chi connectivity index (χ0n) is 9.79. The van der Waals surface area contributed by atoms with Crippen LogP contribution in [0.3, 0.4) is 0 Å². The van der Waals surface area contributed by atoms with Gasteiger partial charge in [-0.15, -0.1) is 0 Å². The SMILES string of the molecule is OC(CCc1ccncc1)Cc1ccccc1. The van der Waals surface area contributed by atoms with E-state index in [1.54, 1.807) is 12.4 Å². The molecule has 1 aromatic heterocycles. The third-order valence-electron chi connectivity index (χ3n) is 2.83. The Hall–Kier alpha value is -1.67. The Labute approximate surface area is 102 Å². The van der Waals surface area contributed by atoms with E-state index in [2.05, 4.69) is 17.1 Å². The first-order valence-electron chi connectivity index (χ1n) is 5.95. The van der Waals surface area contributed by atoms with Crippen molar-refractivity contribution in [2.45, 2.75) is 25.4 Å². The van der Waals surface area contributed by atoms with E-state index < -0.39 is 0 Å². The number of aliphatic hydroxyl groups excluding tert-OH is 1. The van der Waals surface area contributed by atoms with Gasteiger partial charge in [-0.25, -0.2) is 0 Å². The molecule has 88 valence electrons. The lowest BCUT2D eigenvalue weighted by atomic mass is 10.0. The van der Waals surface area contributed by atoms with E-state index in [9.17, 15) is 5.11 Å². The number of benzene rings is 1. The average molecular weight is 227 g/mol. The summed E-state index contributed by atoms with van der Waals surface area (Å²) < 4.78 is 0. The van der Waals surface area contributed by atoms with E-state index >= 15 is 0 Å². The van der Waals surface area contributed by atoms with Crippen molar-refractivity contribution in [3.05, 3.63) is 66.0 Å². The summed E-state index contributed by atoms with van der Waals surface area (Å²) in [4.78, 5) is 3.98. The first-order valence-corrected chi connectivity index (χ1v) is 5.95. The molecule has 0 saturated heterocycles. The third kappa shape index (κ3) is 4.00. The zero-order chi connectivity index (χ0) is 11.9. The largest absolute Gasteiger partial charge is 0.393 e. The number of hydrogen-bond acceptors (Lipinski definition) is 2. The molecule has 0 fully saturated rings. The van der Waals surface area contributed by atoms with Gasteiger partial charge in [-0.3, -0.25) is 4.98 Å². The highest BCUT2D eigenvalue weighted by Gasteiger charge is 2.05. The summed E-state index contributed by atoms with van der Waals surface area (Å²) >= 11 is 0. The van der Waals surface area contributed by atoms with Gasteiger partial charge in [0.1, 0.15) is 0 Å². The molecule has 0 aliphatic heterocycles. The van der Waals surface area contributed by atoms with Crippen LogP contribution in [0.1, 0.15) is 17.5 Å². The van der Waals surface area contributed by atoms with E-state index in [4.69, 9.17) is 0 Å². The Morgan fingerprint density at radius 2 is 1.65 bits per heavy atom. The first-order chi connectivity index (χ1) is 8.34. The molecule has 0 aliphatic rings. The predicted octanol–water partition coefficient (Wildman–Crippen LogP) is 2.62. The molecule has 1 unspecified atom stereocenters. The summed E-state index contributed by atoms with van der Waals surface area (Å²) in [5, 5.41) is 9.95. The van der Waals surface area contributed by atoms with Crippen molar-refractivity contribution in [2.24, 2.45) is 0 Å². The van der Waals surface area contributed by atoms with Crippen LogP contribution < -0.4 is 0 Å². The van der Waals surface area contributed by atoms with Crippen LogP contribution in [0.25, 0.3) is 0 Å². The van der Waals surface area contributed by atoms with E-state index in [0.29, 0.717) is 0 Å². The summed E-state index contributed by atoms with van der Waals surface area (Å²) in [7, 11) is 0. The molecule has 1 N–H and O–H groups in total. The summed E-state index contributed by atoms with van der Waals surface area (Å²) in [5.74, 6) is 0. The van der Waals surface area contributed by atoms with Crippen molar-refractivity contribution in [3.63, 3.8) is 0 Å². The van der Waals surface area contributed by atoms with Gasteiger partial charge in [0.05, 0.1) is 6.10 Å². The maximum atomic E-state index is 9.95. The third-order valence-corrected chi connectivity index (χ3v) is 2.83. The molecule has 2 aromatic rings. The fourth-order valence-corrected chi connectivity index (χ4v) is 1.87. The molecule has 2 nitrogen and oxygen atoms in total. The van der Waals surface area contributed by atoms with Crippen molar-refractivity contribution in [3.8, 4) is 0 Å². The molecule has 1 heterocycles. The van der Waals surface area contributed by atoms with Crippen LogP contribution in [0, 0.1) is 0 Å². The van der Waals surface area contributed by atoms with Crippen LogP contribution in [0.15, 0.2) is 54.9 Å². The molecule has 1 aromatic carbocycles. The van der Waals surface area contributed by atoms with E-state index in [1.165, 1.54) is 11.1 Å². The van der Waals surface area contributed by atoms with Crippen molar-refractivity contribution < 1.29 is 5.11 Å². The van der Waals surface area contributed by atoms with Gasteiger partial charge in [0.2, 0.25) is 0 Å². The number of nitrogens with zero attached hydrogens (tertiary/aromatic N) is 1. The molecule has 1 atom stereocenters. The molecule has 0 radical (unpaired) electrons. The van der Waals surface area contributed by atoms with E-state index in [-0.39, 0.29) is 6.10 Å². The summed E-state index contributed by atoms with van der Waals surface area (Å²) in [5.41, 5.74) is 2.42. The summed E-state index contributed by atoms with van der Waals surface area (Å²) in [6, 6.07) is 14.1. The van der Waals surface area contributed by atoms with Crippen LogP contribution in [-0.4, -0.2) is 16.2 Å². The Kier molecular flexibility index (Phi) is 4.28. The fourth-order valence-electron chi connectivity index (χ4n) is 1.87. The second-order valence-electron chi connectivity index (χ2n) is 4.24. The van der Waals surface area contributed by atoms with E-state index in [0.717, 1.165) is 19.3 Å². The highest BCUT2D eigenvalue weighted by molar-refractivity contribution is 5.16. The Morgan fingerprint density at radius 1 is 0.941 bits per heavy atom. The minimum absolute atomic E-state index is 0.273. The molecular formula is C15H17NO. The van der Waals surface area contributed by atoms with Crippen LogP contribution in [-0.2, 0) is 12.8 Å². The van der Waals surface area contributed by atoms with E-state index in [1.807, 2.05) is 30.3 Å². The molecular weight excluding hydrogens is 210 g/mol. The lowest BCUT2D eigenvalue weighted by Gasteiger charge is -2.10. The normalized spacial score (nSPS) is 12.3. The molecule has 0 bridgehead atoms. The van der Waals surface area contributed by atoms with Crippen LogP contribution in [0.2, 0.25) is 0 Å². The van der Waals surface area contributed by atoms with Crippen LogP contribution >= 0.6 is 0 Å². The Bertz CT molecular complexity index is 427. The number of aromatic nitrogens is 1. The Balaban J connectivity index is 1.80. The second kappa shape index (κ2) is 6.16. The Morgan fingerprint density at radius 3 is 2.35 bits per heavy atom. The van der Waals surface area contributed by atoms with Crippen molar-refractivity contribution in [1.82, 2.24) is 4.98 Å². The molecule has 2 rings (SSSR count). The molecule has 0 aliphatic carbocycles. The fraction of sp³-hybridized carbons (Fsp3) is 0.267. The maximum Gasteiger partial charge on any atom is 0.0583 e. The number of pyridine rings is 1. The molecule has 2 heteroatoms. The highest BCUT2D eigenvalue weighted by atomic mass is 16.3. The van der Waals surface area contributed by atoms with Crippen LogP contribution in [0.5, 0.6) is 0 Å². The summed E-state index contributed by atoms with van der Waals surface area (Å²) in [6.07, 6.45) is 5.73. The molecule has 0 spiro atoms. The minimum atomic E-state index is -0.273. The predicted molar refractivity (Wildman–Crippen MR) is 68.7 cm³/mol. The standard InChI is InChI=1S/C15H17NO/c17-15(12-14-4-2-1-3-5-14)7-6-13-8-10-16-11-9-13/h1-5,8-11,15,17H,6-7,12H2. The van der Waals surface area contributed by atoms with Gasteiger partial charge < -0.3 is 5.11 Å². The van der Waals surface area contributed by atoms with Gasteiger partial charge in [0, 0.05) is 12.4 Å². The first kappa shape index (κ1) is 11.8. The van der Waals surface area contributed by atoms with Gasteiger partial charge in [-0.1, -0.05) is 30.3 Å². The monoisotopic (exact) mass is 227 g/mol. The zero-order valence-corrected chi connectivity index (χ0v) is 9.79.